The van der Waals surface area contributed by atoms with Gasteiger partial charge in [-0.25, -0.2) is 0 Å². The fourth-order valence-corrected chi connectivity index (χ4v) is 2.25. The molecule has 1 aliphatic rings. The molecular weight excluding hydrogens is 200 g/mol. The molecule has 1 rings (SSSR count). The van der Waals surface area contributed by atoms with Crippen molar-refractivity contribution < 1.29 is 4.79 Å². The molecule has 16 heavy (non-hydrogen) atoms. The normalized spacial score (nSPS) is 32.1. The third kappa shape index (κ3) is 4.12. The van der Waals surface area contributed by atoms with Crippen LogP contribution in [-0.2, 0) is 4.79 Å². The Labute approximate surface area is 99.4 Å². The lowest BCUT2D eigenvalue weighted by Gasteiger charge is -2.34. The van der Waals surface area contributed by atoms with Gasteiger partial charge in [-0.2, -0.15) is 0 Å². The second-order valence-electron chi connectivity index (χ2n) is 5.33. The molecule has 1 saturated heterocycles. The van der Waals surface area contributed by atoms with Crippen molar-refractivity contribution in [3.8, 4) is 0 Å². The van der Waals surface area contributed by atoms with E-state index >= 15 is 0 Å². The lowest BCUT2D eigenvalue weighted by atomic mass is 9.94. The summed E-state index contributed by atoms with van der Waals surface area (Å²) >= 11 is 0. The number of amides is 1. The Hall–Kier alpha value is -0.570. The SMILES string of the molecule is CCC(C)CC(=O)NC1CCC(C)NC1C. The van der Waals surface area contributed by atoms with Crippen molar-refractivity contribution in [2.24, 2.45) is 5.92 Å². The number of hydrogen-bond acceptors (Lipinski definition) is 2. The molecule has 1 heterocycles. The lowest BCUT2D eigenvalue weighted by Crippen LogP contribution is -2.54. The predicted molar refractivity (Wildman–Crippen MR) is 67.3 cm³/mol. The summed E-state index contributed by atoms with van der Waals surface area (Å²) in [5, 5.41) is 6.64. The maximum absolute atomic E-state index is 11.8. The minimum Gasteiger partial charge on any atom is -0.352 e. The van der Waals surface area contributed by atoms with Crippen molar-refractivity contribution in [1.82, 2.24) is 10.6 Å². The predicted octanol–water partition coefficient (Wildman–Crippen LogP) is 2.07. The second kappa shape index (κ2) is 6.24. The smallest absolute Gasteiger partial charge is 0.220 e. The van der Waals surface area contributed by atoms with Crippen LogP contribution in [0, 0.1) is 5.92 Å². The quantitative estimate of drug-likeness (QED) is 0.770. The van der Waals surface area contributed by atoms with Gasteiger partial charge in [-0.3, -0.25) is 4.79 Å². The fourth-order valence-electron chi connectivity index (χ4n) is 2.25. The van der Waals surface area contributed by atoms with Crippen molar-refractivity contribution in [3.63, 3.8) is 0 Å². The number of rotatable bonds is 4. The molecule has 2 N–H and O–H groups in total. The zero-order chi connectivity index (χ0) is 12.1. The molecule has 3 heteroatoms. The molecule has 0 aromatic rings. The Morgan fingerprint density at radius 2 is 2.12 bits per heavy atom. The van der Waals surface area contributed by atoms with E-state index in [1.807, 2.05) is 0 Å². The Morgan fingerprint density at radius 1 is 1.44 bits per heavy atom. The standard InChI is InChI=1S/C13H26N2O/c1-5-9(2)8-13(16)15-12-7-6-10(3)14-11(12)4/h9-12,14H,5-8H2,1-4H3,(H,15,16). The molecule has 0 radical (unpaired) electrons. The molecular formula is C13H26N2O. The van der Waals surface area contributed by atoms with Crippen LogP contribution in [0.25, 0.3) is 0 Å². The monoisotopic (exact) mass is 226 g/mol. The fraction of sp³-hybridized carbons (Fsp3) is 0.923. The molecule has 1 amide bonds. The maximum Gasteiger partial charge on any atom is 0.220 e. The van der Waals surface area contributed by atoms with E-state index < -0.39 is 0 Å². The number of piperidine rings is 1. The van der Waals surface area contributed by atoms with Gasteiger partial charge in [0.2, 0.25) is 5.91 Å². The molecule has 1 fully saturated rings. The van der Waals surface area contributed by atoms with Crippen LogP contribution < -0.4 is 10.6 Å². The molecule has 94 valence electrons. The summed E-state index contributed by atoms with van der Waals surface area (Å²) in [7, 11) is 0. The molecule has 0 aromatic heterocycles. The van der Waals surface area contributed by atoms with Crippen LogP contribution >= 0.6 is 0 Å². The highest BCUT2D eigenvalue weighted by atomic mass is 16.1. The summed E-state index contributed by atoms with van der Waals surface area (Å²) in [5.74, 6) is 0.702. The molecule has 3 nitrogen and oxygen atoms in total. The van der Waals surface area contributed by atoms with Crippen LogP contribution in [0.4, 0.5) is 0 Å². The molecule has 0 spiro atoms. The van der Waals surface area contributed by atoms with E-state index in [1.165, 1.54) is 0 Å². The first-order valence-corrected chi connectivity index (χ1v) is 6.58. The van der Waals surface area contributed by atoms with E-state index in [0.717, 1.165) is 19.3 Å². The largest absolute Gasteiger partial charge is 0.352 e. The minimum atomic E-state index is 0.211. The van der Waals surface area contributed by atoms with E-state index in [2.05, 4.69) is 38.3 Å². The van der Waals surface area contributed by atoms with Crippen LogP contribution in [0.1, 0.15) is 53.4 Å². The minimum absolute atomic E-state index is 0.211. The van der Waals surface area contributed by atoms with Crippen LogP contribution in [0.5, 0.6) is 0 Å². The zero-order valence-corrected chi connectivity index (χ0v) is 11.0. The number of carbonyl (C=O) groups is 1. The van der Waals surface area contributed by atoms with Crippen LogP contribution in [0.3, 0.4) is 0 Å². The molecule has 0 aromatic carbocycles. The Bertz CT molecular complexity index is 230. The second-order valence-corrected chi connectivity index (χ2v) is 5.33. The molecule has 0 aliphatic carbocycles. The van der Waals surface area contributed by atoms with Crippen molar-refractivity contribution >= 4 is 5.91 Å². The Kier molecular flexibility index (Phi) is 5.26. The van der Waals surface area contributed by atoms with Gasteiger partial charge in [-0.15, -0.1) is 0 Å². The van der Waals surface area contributed by atoms with Gasteiger partial charge >= 0.3 is 0 Å². The van der Waals surface area contributed by atoms with E-state index in [-0.39, 0.29) is 5.91 Å². The first-order valence-electron chi connectivity index (χ1n) is 6.58. The number of carbonyl (C=O) groups excluding carboxylic acids is 1. The molecule has 0 saturated carbocycles. The summed E-state index contributed by atoms with van der Waals surface area (Å²) in [6, 6.07) is 1.29. The van der Waals surface area contributed by atoms with Gasteiger partial charge in [0.1, 0.15) is 0 Å². The van der Waals surface area contributed by atoms with Gasteiger partial charge in [0.25, 0.3) is 0 Å². The Morgan fingerprint density at radius 3 is 2.69 bits per heavy atom. The average molecular weight is 226 g/mol. The summed E-state index contributed by atoms with van der Waals surface area (Å²) in [6.07, 6.45) is 3.98. The van der Waals surface area contributed by atoms with Crippen molar-refractivity contribution in [2.45, 2.75) is 71.5 Å². The summed E-state index contributed by atoms with van der Waals surface area (Å²) < 4.78 is 0. The van der Waals surface area contributed by atoms with Crippen LogP contribution in [0.2, 0.25) is 0 Å². The first-order chi connectivity index (χ1) is 7.52. The van der Waals surface area contributed by atoms with Gasteiger partial charge in [0, 0.05) is 24.5 Å². The Balaban J connectivity index is 2.33. The zero-order valence-electron chi connectivity index (χ0n) is 11.0. The third-order valence-corrected chi connectivity index (χ3v) is 3.64. The molecule has 4 atom stereocenters. The molecule has 1 aliphatic heterocycles. The van der Waals surface area contributed by atoms with Gasteiger partial charge < -0.3 is 10.6 Å². The highest BCUT2D eigenvalue weighted by molar-refractivity contribution is 5.76. The third-order valence-electron chi connectivity index (χ3n) is 3.64. The van der Waals surface area contributed by atoms with Gasteiger partial charge in [0.05, 0.1) is 0 Å². The summed E-state index contributed by atoms with van der Waals surface area (Å²) in [5.41, 5.74) is 0. The van der Waals surface area contributed by atoms with Gasteiger partial charge in [0.15, 0.2) is 0 Å². The average Bonchev–Trinajstić information content (AvgIpc) is 2.22. The number of hydrogen-bond donors (Lipinski definition) is 2. The highest BCUT2D eigenvalue weighted by Gasteiger charge is 2.25. The number of nitrogens with one attached hydrogen (secondary N) is 2. The first kappa shape index (κ1) is 13.5. The van der Waals surface area contributed by atoms with Crippen LogP contribution in [-0.4, -0.2) is 24.0 Å². The van der Waals surface area contributed by atoms with Gasteiger partial charge in [-0.05, 0) is 32.6 Å². The maximum atomic E-state index is 11.8. The lowest BCUT2D eigenvalue weighted by molar-refractivity contribution is -0.123. The molecule has 4 unspecified atom stereocenters. The van der Waals surface area contributed by atoms with E-state index in [0.29, 0.717) is 30.5 Å². The van der Waals surface area contributed by atoms with Crippen LogP contribution in [0.15, 0.2) is 0 Å². The van der Waals surface area contributed by atoms with Crippen molar-refractivity contribution in [1.29, 1.82) is 0 Å². The van der Waals surface area contributed by atoms with Crippen molar-refractivity contribution in [2.75, 3.05) is 0 Å². The van der Waals surface area contributed by atoms with E-state index in [1.54, 1.807) is 0 Å². The summed E-state index contributed by atoms with van der Waals surface area (Å²) in [4.78, 5) is 11.8. The molecule has 0 bridgehead atoms. The van der Waals surface area contributed by atoms with Gasteiger partial charge in [-0.1, -0.05) is 20.3 Å². The summed E-state index contributed by atoms with van der Waals surface area (Å²) in [6.45, 7) is 8.62. The van der Waals surface area contributed by atoms with E-state index in [9.17, 15) is 4.79 Å². The topological polar surface area (TPSA) is 41.1 Å². The van der Waals surface area contributed by atoms with E-state index in [4.69, 9.17) is 0 Å². The van der Waals surface area contributed by atoms with Crippen molar-refractivity contribution in [3.05, 3.63) is 0 Å². The highest BCUT2D eigenvalue weighted by Crippen LogP contribution is 2.14.